The van der Waals surface area contributed by atoms with Crippen LogP contribution in [0.3, 0.4) is 0 Å². The van der Waals surface area contributed by atoms with E-state index in [2.05, 4.69) is 10.5 Å². The summed E-state index contributed by atoms with van der Waals surface area (Å²) >= 11 is 6.42. The van der Waals surface area contributed by atoms with E-state index in [4.69, 9.17) is 21.1 Å². The van der Waals surface area contributed by atoms with E-state index in [0.717, 1.165) is 11.1 Å². The summed E-state index contributed by atoms with van der Waals surface area (Å²) in [7, 11) is 0. The number of nitro benzene ring substituents is 1. The van der Waals surface area contributed by atoms with Gasteiger partial charge in [0.05, 0.1) is 22.8 Å². The zero-order valence-electron chi connectivity index (χ0n) is 18.1. The van der Waals surface area contributed by atoms with Crippen LogP contribution in [-0.2, 0) is 6.61 Å². The Hall–Kier alpha value is -3.91. The van der Waals surface area contributed by atoms with E-state index >= 15 is 0 Å². The molecular formula is C24H22ClN3O5. The molecule has 33 heavy (non-hydrogen) atoms. The van der Waals surface area contributed by atoms with Gasteiger partial charge in [0.1, 0.15) is 6.61 Å². The molecule has 1 N–H and O–H groups in total. The molecule has 0 atom stereocenters. The van der Waals surface area contributed by atoms with Crippen LogP contribution in [0.25, 0.3) is 0 Å². The summed E-state index contributed by atoms with van der Waals surface area (Å²) in [5.74, 6) is 0.445. The molecule has 0 bridgehead atoms. The number of carbonyl (C=O) groups excluding carboxylic acids is 1. The van der Waals surface area contributed by atoms with Gasteiger partial charge < -0.3 is 9.47 Å². The molecule has 0 aromatic heterocycles. The molecule has 0 radical (unpaired) electrons. The number of nitrogens with one attached hydrogen (secondary N) is 1. The normalized spacial score (nSPS) is 10.8. The predicted molar refractivity (Wildman–Crippen MR) is 126 cm³/mol. The quantitative estimate of drug-likeness (QED) is 0.261. The first kappa shape index (κ1) is 23.7. The van der Waals surface area contributed by atoms with Gasteiger partial charge in [-0.25, -0.2) is 5.43 Å². The number of nitro groups is 1. The number of hydrazone groups is 1. The number of carbonyl (C=O) groups is 1. The number of ether oxygens (including phenoxy) is 2. The average molecular weight is 468 g/mol. The average Bonchev–Trinajstić information content (AvgIpc) is 2.79. The lowest BCUT2D eigenvalue weighted by Crippen LogP contribution is -2.18. The first-order valence-electron chi connectivity index (χ1n) is 10.1. The van der Waals surface area contributed by atoms with E-state index in [1.54, 1.807) is 36.4 Å². The second-order valence-corrected chi connectivity index (χ2v) is 7.40. The fraction of sp³-hybridized carbons (Fsp3) is 0.167. The Balaban J connectivity index is 1.72. The van der Waals surface area contributed by atoms with Crippen molar-refractivity contribution in [1.82, 2.24) is 5.43 Å². The highest BCUT2D eigenvalue weighted by atomic mass is 35.5. The number of amides is 1. The van der Waals surface area contributed by atoms with Crippen molar-refractivity contribution in [2.45, 2.75) is 20.5 Å². The van der Waals surface area contributed by atoms with Crippen molar-refractivity contribution in [1.29, 1.82) is 0 Å². The van der Waals surface area contributed by atoms with Crippen molar-refractivity contribution in [3.63, 3.8) is 0 Å². The van der Waals surface area contributed by atoms with Gasteiger partial charge in [-0.2, -0.15) is 5.10 Å². The Morgan fingerprint density at radius 1 is 1.15 bits per heavy atom. The van der Waals surface area contributed by atoms with Crippen LogP contribution < -0.4 is 14.9 Å². The smallest absolute Gasteiger partial charge is 0.271 e. The van der Waals surface area contributed by atoms with Gasteiger partial charge in [-0.05, 0) is 60.9 Å². The summed E-state index contributed by atoms with van der Waals surface area (Å²) in [5.41, 5.74) is 5.24. The Labute approximate surface area is 195 Å². The van der Waals surface area contributed by atoms with Crippen LogP contribution in [0.1, 0.15) is 34.0 Å². The molecule has 0 aliphatic heterocycles. The maximum Gasteiger partial charge on any atom is 0.271 e. The summed E-state index contributed by atoms with van der Waals surface area (Å²) in [6.45, 7) is 4.21. The van der Waals surface area contributed by atoms with Gasteiger partial charge in [-0.15, -0.1) is 0 Å². The molecule has 3 aromatic rings. The van der Waals surface area contributed by atoms with E-state index < -0.39 is 4.92 Å². The van der Waals surface area contributed by atoms with Crippen molar-refractivity contribution < 1.29 is 19.2 Å². The standard InChI is InChI=1S/C24H22ClN3O5/c1-3-32-22-13-18(14-26-27-24(29)20-7-5-4-6-16(20)2)12-21(25)23(22)33-15-17-8-10-19(11-9-17)28(30)31/h4-14H,3,15H2,1-2H3,(H,27,29)/b26-14+. The minimum absolute atomic E-state index is 0.00458. The lowest BCUT2D eigenvalue weighted by Gasteiger charge is -2.14. The molecule has 0 fully saturated rings. The Bertz CT molecular complexity index is 1180. The zero-order valence-corrected chi connectivity index (χ0v) is 18.8. The Morgan fingerprint density at radius 2 is 1.88 bits per heavy atom. The van der Waals surface area contributed by atoms with Crippen LogP contribution in [0.15, 0.2) is 65.8 Å². The molecule has 0 unspecified atom stereocenters. The fourth-order valence-electron chi connectivity index (χ4n) is 2.99. The summed E-state index contributed by atoms with van der Waals surface area (Å²) in [5, 5.41) is 15.1. The van der Waals surface area contributed by atoms with Gasteiger partial charge in [0, 0.05) is 17.7 Å². The molecule has 0 spiro atoms. The predicted octanol–water partition coefficient (Wildman–Crippen LogP) is 5.30. The first-order chi connectivity index (χ1) is 15.9. The maximum absolute atomic E-state index is 12.3. The molecule has 3 rings (SSSR count). The topological polar surface area (TPSA) is 103 Å². The molecule has 9 heteroatoms. The number of halogens is 1. The number of non-ortho nitro benzene ring substituents is 1. The highest BCUT2D eigenvalue weighted by Crippen LogP contribution is 2.37. The summed E-state index contributed by atoms with van der Waals surface area (Å²) in [6, 6.07) is 16.6. The molecule has 0 aliphatic carbocycles. The molecule has 8 nitrogen and oxygen atoms in total. The lowest BCUT2D eigenvalue weighted by atomic mass is 10.1. The van der Waals surface area contributed by atoms with Crippen molar-refractivity contribution in [3.8, 4) is 11.5 Å². The number of hydrogen-bond acceptors (Lipinski definition) is 6. The van der Waals surface area contributed by atoms with Crippen LogP contribution in [0, 0.1) is 17.0 Å². The van der Waals surface area contributed by atoms with E-state index in [1.165, 1.54) is 18.3 Å². The van der Waals surface area contributed by atoms with Crippen molar-refractivity contribution >= 4 is 29.4 Å². The van der Waals surface area contributed by atoms with Gasteiger partial charge in [0.15, 0.2) is 11.5 Å². The fourth-order valence-corrected chi connectivity index (χ4v) is 3.26. The van der Waals surface area contributed by atoms with Crippen molar-refractivity contribution in [2.24, 2.45) is 5.10 Å². The van der Waals surface area contributed by atoms with E-state index in [9.17, 15) is 14.9 Å². The number of benzene rings is 3. The van der Waals surface area contributed by atoms with Crippen LogP contribution in [0.5, 0.6) is 11.5 Å². The molecule has 0 saturated heterocycles. The third-order valence-corrected chi connectivity index (χ3v) is 4.91. The van der Waals surface area contributed by atoms with Gasteiger partial charge in [-0.1, -0.05) is 29.8 Å². The number of rotatable bonds is 9. The van der Waals surface area contributed by atoms with Gasteiger partial charge >= 0.3 is 0 Å². The number of nitrogens with zero attached hydrogens (tertiary/aromatic N) is 2. The molecule has 0 saturated carbocycles. The van der Waals surface area contributed by atoms with Crippen LogP contribution in [-0.4, -0.2) is 23.7 Å². The highest BCUT2D eigenvalue weighted by molar-refractivity contribution is 6.32. The summed E-state index contributed by atoms with van der Waals surface area (Å²) in [4.78, 5) is 22.6. The van der Waals surface area contributed by atoms with E-state index in [-0.39, 0.29) is 18.2 Å². The number of hydrogen-bond donors (Lipinski definition) is 1. The minimum Gasteiger partial charge on any atom is -0.490 e. The molecule has 170 valence electrons. The first-order valence-corrected chi connectivity index (χ1v) is 10.5. The van der Waals surface area contributed by atoms with E-state index in [0.29, 0.717) is 34.3 Å². The summed E-state index contributed by atoms with van der Waals surface area (Å²) in [6.07, 6.45) is 1.46. The van der Waals surface area contributed by atoms with Crippen LogP contribution in [0.2, 0.25) is 5.02 Å². The monoisotopic (exact) mass is 467 g/mol. The zero-order chi connectivity index (χ0) is 23.8. The highest BCUT2D eigenvalue weighted by Gasteiger charge is 2.13. The number of aryl methyl sites for hydroxylation is 1. The van der Waals surface area contributed by atoms with Crippen molar-refractivity contribution in [3.05, 3.63) is 98.1 Å². The third kappa shape index (κ3) is 6.30. The van der Waals surface area contributed by atoms with Crippen LogP contribution >= 0.6 is 11.6 Å². The molecule has 0 heterocycles. The largest absolute Gasteiger partial charge is 0.490 e. The van der Waals surface area contributed by atoms with Gasteiger partial charge in [-0.3, -0.25) is 14.9 Å². The second kappa shape index (κ2) is 11.1. The lowest BCUT2D eigenvalue weighted by molar-refractivity contribution is -0.384. The molecular weight excluding hydrogens is 446 g/mol. The molecule has 0 aliphatic rings. The van der Waals surface area contributed by atoms with Crippen molar-refractivity contribution in [2.75, 3.05) is 6.61 Å². The van der Waals surface area contributed by atoms with E-state index in [1.807, 2.05) is 26.0 Å². The minimum atomic E-state index is -0.460. The SMILES string of the molecule is CCOc1cc(/C=N/NC(=O)c2ccccc2C)cc(Cl)c1OCc1ccc([N+](=O)[O-])cc1. The third-order valence-electron chi connectivity index (χ3n) is 4.63. The molecule has 1 amide bonds. The maximum atomic E-state index is 12.3. The molecule has 3 aromatic carbocycles. The summed E-state index contributed by atoms with van der Waals surface area (Å²) < 4.78 is 11.5. The van der Waals surface area contributed by atoms with Gasteiger partial charge in [0.25, 0.3) is 11.6 Å². The second-order valence-electron chi connectivity index (χ2n) is 6.99. The Morgan fingerprint density at radius 3 is 2.55 bits per heavy atom. The Kier molecular flexibility index (Phi) is 7.99. The van der Waals surface area contributed by atoms with Gasteiger partial charge in [0.2, 0.25) is 0 Å². The van der Waals surface area contributed by atoms with Crippen LogP contribution in [0.4, 0.5) is 5.69 Å².